The fourth-order valence-corrected chi connectivity index (χ4v) is 0.803. The molecule has 1 aliphatic rings. The first kappa shape index (κ1) is 7.46. The zero-order chi connectivity index (χ0) is 7.40. The summed E-state index contributed by atoms with van der Waals surface area (Å²) in [6.07, 6.45) is 6.98. The first-order valence-corrected chi connectivity index (χ1v) is 3.52. The van der Waals surface area contributed by atoms with Gasteiger partial charge in [0.25, 0.3) is 0 Å². The highest BCUT2D eigenvalue weighted by Crippen LogP contribution is 1.98. The van der Waals surface area contributed by atoms with Crippen LogP contribution in [-0.2, 0) is 3.17 Å². The predicted molar refractivity (Wildman–Crippen MR) is 48.5 cm³/mol. The van der Waals surface area contributed by atoms with Crippen LogP contribution in [0.3, 0.4) is 0 Å². The minimum absolute atomic E-state index is 0.374. The topological polar surface area (TPSA) is 45.4 Å². The van der Waals surface area contributed by atoms with E-state index in [0.29, 0.717) is 11.4 Å². The second-order valence-corrected chi connectivity index (χ2v) is 2.07. The van der Waals surface area contributed by atoms with Crippen LogP contribution in [-0.4, -0.2) is 11.4 Å². The molecule has 0 aliphatic heterocycles. The molecule has 0 radical (unpaired) electrons. The van der Waals surface area contributed by atoms with Crippen LogP contribution in [0.2, 0.25) is 0 Å². The summed E-state index contributed by atoms with van der Waals surface area (Å²) in [6.45, 7) is 0. The zero-order valence-corrected chi connectivity index (χ0v) is 7.20. The largest absolute Gasteiger partial charge is 0.326 e. The van der Waals surface area contributed by atoms with Gasteiger partial charge >= 0.3 is 0 Å². The summed E-state index contributed by atoms with van der Waals surface area (Å²) in [6, 6.07) is 0. The number of nitrogens with zero attached hydrogens (tertiary/aromatic N) is 1. The Kier molecular flexibility index (Phi) is 2.61. The first-order chi connectivity index (χ1) is 4.84. The lowest BCUT2D eigenvalue weighted by Crippen LogP contribution is -2.09. The summed E-state index contributed by atoms with van der Waals surface area (Å²) in [5, 5.41) is 10.9. The summed E-state index contributed by atoms with van der Waals surface area (Å²) >= 11 is 1.66. The minimum atomic E-state index is 0.374. The summed E-state index contributed by atoms with van der Waals surface area (Å²) < 4.78 is 4.48. The average Bonchev–Trinajstić information content (AvgIpc) is 1.94. The third kappa shape index (κ3) is 1.66. The highest BCUT2D eigenvalue weighted by molar-refractivity contribution is 14.1. The van der Waals surface area contributed by atoms with Gasteiger partial charge in [-0.25, -0.2) is 0 Å². The monoisotopic (exact) mass is 248 g/mol. The van der Waals surface area contributed by atoms with Gasteiger partial charge in [-0.05, 0) is 12.2 Å². The Bertz CT molecular complexity index is 230. The Hall–Kier alpha value is -0.650. The number of oxime groups is 1. The van der Waals surface area contributed by atoms with Crippen LogP contribution in [0.15, 0.2) is 29.5 Å². The summed E-state index contributed by atoms with van der Waals surface area (Å²) in [5.41, 5.74) is 0.927. The molecule has 52 valence electrons. The molecule has 0 unspecified atom stereocenters. The smallest absolute Gasteiger partial charge is 0.230 e. The van der Waals surface area contributed by atoms with Crippen molar-refractivity contribution in [3.05, 3.63) is 24.3 Å². The van der Waals surface area contributed by atoms with Gasteiger partial charge in [0.05, 0.1) is 5.71 Å². The van der Waals surface area contributed by atoms with Gasteiger partial charge in [0.1, 0.15) is 5.71 Å². The highest BCUT2D eigenvalue weighted by Gasteiger charge is 2.02. The van der Waals surface area contributed by atoms with Gasteiger partial charge in [-0.3, -0.25) is 5.41 Å². The van der Waals surface area contributed by atoms with Crippen LogP contribution in [0.5, 0.6) is 0 Å². The molecule has 0 amide bonds. The van der Waals surface area contributed by atoms with Gasteiger partial charge in [-0.15, -0.1) is 0 Å². The summed E-state index contributed by atoms with van der Waals surface area (Å²) in [4.78, 5) is 0. The Morgan fingerprint density at radius 2 is 2.10 bits per heavy atom. The van der Waals surface area contributed by atoms with Crippen molar-refractivity contribution >= 4 is 34.4 Å². The van der Waals surface area contributed by atoms with Gasteiger partial charge in [0, 0.05) is 0 Å². The molecule has 0 aromatic carbocycles. The van der Waals surface area contributed by atoms with Gasteiger partial charge < -0.3 is 3.17 Å². The number of halogens is 1. The molecule has 3 nitrogen and oxygen atoms in total. The molecule has 0 saturated carbocycles. The molecule has 0 aromatic rings. The molecule has 1 N–H and O–H groups in total. The Morgan fingerprint density at radius 3 is 2.70 bits per heavy atom. The highest BCUT2D eigenvalue weighted by atomic mass is 127. The Morgan fingerprint density at radius 1 is 1.40 bits per heavy atom. The number of hydrogen-bond donors (Lipinski definition) is 1. The number of nitrogens with one attached hydrogen (secondary N) is 1. The molecular weight excluding hydrogens is 243 g/mol. The molecule has 0 saturated heterocycles. The molecule has 10 heavy (non-hydrogen) atoms. The van der Waals surface area contributed by atoms with Crippen molar-refractivity contribution in [2.24, 2.45) is 5.16 Å². The van der Waals surface area contributed by atoms with Crippen molar-refractivity contribution in [1.29, 1.82) is 5.41 Å². The van der Waals surface area contributed by atoms with Crippen LogP contribution in [0.4, 0.5) is 0 Å². The predicted octanol–water partition coefficient (Wildman–Crippen LogP) is 1.85. The van der Waals surface area contributed by atoms with E-state index in [9.17, 15) is 0 Å². The van der Waals surface area contributed by atoms with Crippen molar-refractivity contribution < 1.29 is 3.17 Å². The fraction of sp³-hybridized carbons (Fsp3) is 0. The van der Waals surface area contributed by atoms with Crippen molar-refractivity contribution in [3.63, 3.8) is 0 Å². The van der Waals surface area contributed by atoms with E-state index in [1.54, 1.807) is 41.2 Å². The summed E-state index contributed by atoms with van der Waals surface area (Å²) in [5.74, 6) is 0. The number of allylic oxidation sites excluding steroid dienone is 4. The number of rotatable bonds is 1. The third-order valence-electron chi connectivity index (χ3n) is 1.04. The van der Waals surface area contributed by atoms with E-state index in [0.717, 1.165) is 0 Å². The molecule has 4 heteroatoms. The van der Waals surface area contributed by atoms with E-state index >= 15 is 0 Å². The molecule has 1 rings (SSSR count). The zero-order valence-electron chi connectivity index (χ0n) is 5.04. The van der Waals surface area contributed by atoms with Crippen molar-refractivity contribution in [2.45, 2.75) is 0 Å². The van der Waals surface area contributed by atoms with Gasteiger partial charge in [0.2, 0.25) is 23.0 Å². The standard InChI is InChI=1S/C6H5IN2O/c7-10-9-6-4-2-1-3-5(6)8/h1-4,8H/b8-5?,9-6-. The molecule has 1 aliphatic carbocycles. The van der Waals surface area contributed by atoms with E-state index in [1.807, 2.05) is 6.08 Å². The molecule has 0 heterocycles. The minimum Gasteiger partial charge on any atom is -0.326 e. The lowest BCUT2D eigenvalue weighted by Gasteiger charge is -1.98. The Labute approximate surface area is 72.6 Å². The van der Waals surface area contributed by atoms with Crippen LogP contribution < -0.4 is 0 Å². The van der Waals surface area contributed by atoms with Crippen molar-refractivity contribution in [3.8, 4) is 0 Å². The maximum absolute atomic E-state index is 7.30. The molecule has 0 atom stereocenters. The van der Waals surface area contributed by atoms with Crippen LogP contribution in [0.1, 0.15) is 0 Å². The Balaban J connectivity index is 2.80. The second kappa shape index (κ2) is 3.50. The van der Waals surface area contributed by atoms with E-state index < -0.39 is 0 Å². The van der Waals surface area contributed by atoms with Gasteiger partial charge in [-0.1, -0.05) is 17.3 Å². The summed E-state index contributed by atoms with van der Waals surface area (Å²) in [7, 11) is 0. The maximum atomic E-state index is 7.30. The van der Waals surface area contributed by atoms with Gasteiger partial charge in [-0.2, -0.15) is 0 Å². The van der Waals surface area contributed by atoms with Crippen molar-refractivity contribution in [2.75, 3.05) is 0 Å². The third-order valence-corrected chi connectivity index (χ3v) is 1.23. The normalized spacial score (nSPS) is 20.1. The lowest BCUT2D eigenvalue weighted by atomic mass is 10.1. The number of hydrogen-bond acceptors (Lipinski definition) is 3. The van der Waals surface area contributed by atoms with Crippen LogP contribution in [0, 0.1) is 5.41 Å². The first-order valence-electron chi connectivity index (χ1n) is 2.64. The molecule has 0 aromatic heterocycles. The maximum Gasteiger partial charge on any atom is 0.230 e. The quantitative estimate of drug-likeness (QED) is 0.429. The lowest BCUT2D eigenvalue weighted by molar-refractivity contribution is 0.466. The fourth-order valence-electron chi connectivity index (χ4n) is 0.590. The van der Waals surface area contributed by atoms with Crippen LogP contribution >= 0.6 is 23.0 Å². The molecule has 0 fully saturated rings. The SMILES string of the molecule is N=C1C=CC=C/C1=N/OI. The van der Waals surface area contributed by atoms with E-state index in [4.69, 9.17) is 5.41 Å². The molecule has 0 spiro atoms. The molecular formula is C6H5IN2O. The average molecular weight is 248 g/mol. The van der Waals surface area contributed by atoms with Crippen molar-refractivity contribution in [1.82, 2.24) is 0 Å². The van der Waals surface area contributed by atoms with E-state index in [-0.39, 0.29) is 0 Å². The van der Waals surface area contributed by atoms with Gasteiger partial charge in [0.15, 0.2) is 0 Å². The van der Waals surface area contributed by atoms with E-state index in [1.165, 1.54) is 0 Å². The molecule has 0 bridgehead atoms. The second-order valence-electron chi connectivity index (χ2n) is 1.68. The van der Waals surface area contributed by atoms with Crippen LogP contribution in [0.25, 0.3) is 0 Å². The van der Waals surface area contributed by atoms with E-state index in [2.05, 4.69) is 8.32 Å².